The topological polar surface area (TPSA) is 60.2 Å². The summed E-state index contributed by atoms with van der Waals surface area (Å²) in [7, 11) is -1.07. The molecule has 0 bridgehead atoms. The molecule has 1 aromatic carbocycles. The normalized spacial score (nSPS) is 24.4. The molecule has 0 radical (unpaired) electrons. The Hall–Kier alpha value is -1.68. The van der Waals surface area contributed by atoms with Crippen LogP contribution in [0.4, 0.5) is 0 Å². The summed E-state index contributed by atoms with van der Waals surface area (Å²) in [5.74, 6) is -0.449. The van der Waals surface area contributed by atoms with Crippen LogP contribution >= 0.6 is 0 Å². The van der Waals surface area contributed by atoms with Gasteiger partial charge in [-0.05, 0) is 12.0 Å². The summed E-state index contributed by atoms with van der Waals surface area (Å²) in [6.45, 7) is 0. The number of primary amides is 1. The summed E-state index contributed by atoms with van der Waals surface area (Å²) in [6.07, 6.45) is 7.46. The van der Waals surface area contributed by atoms with Gasteiger partial charge in [0.05, 0.1) is 4.75 Å². The largest absolute Gasteiger partial charge is 0.366 e. The van der Waals surface area contributed by atoms with Crippen molar-refractivity contribution in [2.45, 2.75) is 11.2 Å². The molecule has 0 heterocycles. The predicted molar refractivity (Wildman–Crippen MR) is 73.2 cm³/mol. The Labute approximate surface area is 109 Å². The second-order valence-electron chi connectivity index (χ2n) is 4.27. The number of hydrogen-bond donors (Lipinski definition) is 1. The molecular formula is C14H15NO2S. The van der Waals surface area contributed by atoms with Crippen LogP contribution in [0.5, 0.6) is 0 Å². The van der Waals surface area contributed by atoms with E-state index in [1.54, 1.807) is 18.4 Å². The lowest BCUT2D eigenvalue weighted by atomic mass is 9.89. The first-order valence-corrected chi connectivity index (χ1v) is 7.20. The van der Waals surface area contributed by atoms with E-state index in [1.807, 2.05) is 36.4 Å². The number of amides is 1. The third-order valence-electron chi connectivity index (χ3n) is 3.22. The molecule has 1 aliphatic rings. The van der Waals surface area contributed by atoms with Crippen LogP contribution in [0.25, 0.3) is 0 Å². The molecule has 2 rings (SSSR count). The molecule has 1 amide bonds. The van der Waals surface area contributed by atoms with E-state index in [-0.39, 0.29) is 0 Å². The Balaban J connectivity index is 2.43. The number of hydrogen-bond acceptors (Lipinski definition) is 2. The van der Waals surface area contributed by atoms with Gasteiger partial charge in [0, 0.05) is 22.6 Å². The monoisotopic (exact) mass is 261 g/mol. The lowest BCUT2D eigenvalue weighted by Gasteiger charge is -2.30. The average molecular weight is 261 g/mol. The van der Waals surface area contributed by atoms with Crippen molar-refractivity contribution in [1.82, 2.24) is 0 Å². The molecule has 0 spiro atoms. The summed E-state index contributed by atoms with van der Waals surface area (Å²) in [6, 6.07) is 9.67. The number of nitrogens with two attached hydrogens (primary N) is 1. The van der Waals surface area contributed by atoms with Gasteiger partial charge in [0.1, 0.15) is 0 Å². The standard InChI is InChI=1S/C14H15NO2S/c1-18(17)14(12-5-3-2-4-6-12)9-7-11(8-10-14)13(15)16/h2-9H,10H2,1H3,(H2,15,16). The highest BCUT2D eigenvalue weighted by Crippen LogP contribution is 2.36. The maximum Gasteiger partial charge on any atom is 0.248 e. The second kappa shape index (κ2) is 4.90. The van der Waals surface area contributed by atoms with E-state index in [4.69, 9.17) is 5.73 Å². The molecule has 2 unspecified atom stereocenters. The van der Waals surface area contributed by atoms with Gasteiger partial charge >= 0.3 is 0 Å². The molecule has 0 saturated carbocycles. The molecule has 2 N–H and O–H groups in total. The van der Waals surface area contributed by atoms with E-state index in [9.17, 15) is 9.00 Å². The van der Waals surface area contributed by atoms with Gasteiger partial charge in [0.25, 0.3) is 0 Å². The fourth-order valence-electron chi connectivity index (χ4n) is 2.12. The van der Waals surface area contributed by atoms with Crippen molar-refractivity contribution >= 4 is 16.7 Å². The van der Waals surface area contributed by atoms with Crippen molar-refractivity contribution in [3.63, 3.8) is 0 Å². The molecule has 3 nitrogen and oxygen atoms in total. The van der Waals surface area contributed by atoms with Crippen LogP contribution in [0.15, 0.2) is 54.1 Å². The van der Waals surface area contributed by atoms with Crippen LogP contribution in [-0.4, -0.2) is 16.4 Å². The molecule has 0 aromatic heterocycles. The zero-order valence-electron chi connectivity index (χ0n) is 10.1. The third-order valence-corrected chi connectivity index (χ3v) is 4.78. The minimum Gasteiger partial charge on any atom is -0.366 e. The van der Waals surface area contributed by atoms with E-state index < -0.39 is 21.5 Å². The Bertz CT molecular complexity index is 548. The zero-order chi connectivity index (χ0) is 13.2. The fourth-order valence-corrected chi connectivity index (χ4v) is 3.16. The number of rotatable bonds is 3. The van der Waals surface area contributed by atoms with Gasteiger partial charge in [0.15, 0.2) is 0 Å². The minimum atomic E-state index is -1.07. The first-order chi connectivity index (χ1) is 8.56. The van der Waals surface area contributed by atoms with Crippen molar-refractivity contribution in [3.05, 3.63) is 59.7 Å². The first kappa shape index (κ1) is 12.8. The predicted octanol–water partition coefficient (Wildman–Crippen LogP) is 1.63. The lowest BCUT2D eigenvalue weighted by molar-refractivity contribution is -0.114. The molecular weight excluding hydrogens is 246 g/mol. The van der Waals surface area contributed by atoms with Crippen molar-refractivity contribution in [2.24, 2.45) is 5.73 Å². The molecule has 1 aliphatic carbocycles. The highest BCUT2D eigenvalue weighted by Gasteiger charge is 2.34. The van der Waals surface area contributed by atoms with Crippen molar-refractivity contribution in [2.75, 3.05) is 6.26 Å². The number of allylic oxidation sites excluding steroid dienone is 1. The van der Waals surface area contributed by atoms with E-state index in [0.29, 0.717) is 12.0 Å². The summed E-state index contributed by atoms with van der Waals surface area (Å²) >= 11 is 0. The van der Waals surface area contributed by atoms with Crippen LogP contribution < -0.4 is 5.73 Å². The van der Waals surface area contributed by atoms with E-state index in [0.717, 1.165) is 5.56 Å². The Kier molecular flexibility index (Phi) is 3.48. The van der Waals surface area contributed by atoms with Crippen LogP contribution in [-0.2, 0) is 20.3 Å². The van der Waals surface area contributed by atoms with Gasteiger partial charge in [-0.2, -0.15) is 0 Å². The molecule has 0 saturated heterocycles. The highest BCUT2D eigenvalue weighted by molar-refractivity contribution is 7.85. The van der Waals surface area contributed by atoms with E-state index in [2.05, 4.69) is 0 Å². The molecule has 0 aliphatic heterocycles. The fraction of sp³-hybridized carbons (Fsp3) is 0.214. The molecule has 0 fully saturated rings. The number of carbonyl (C=O) groups excluding carboxylic acids is 1. The molecule has 2 atom stereocenters. The quantitative estimate of drug-likeness (QED) is 0.899. The molecule has 94 valence electrons. The molecule has 4 heteroatoms. The maximum absolute atomic E-state index is 12.1. The second-order valence-corrected chi connectivity index (χ2v) is 5.91. The summed E-state index contributed by atoms with van der Waals surface area (Å²) in [5, 5.41) is 0. The van der Waals surface area contributed by atoms with Gasteiger partial charge in [0.2, 0.25) is 5.91 Å². The zero-order valence-corrected chi connectivity index (χ0v) is 10.9. The number of carbonyl (C=O) groups is 1. The lowest BCUT2D eigenvalue weighted by Crippen LogP contribution is -2.30. The Morgan fingerprint density at radius 1 is 1.33 bits per heavy atom. The molecule has 18 heavy (non-hydrogen) atoms. The van der Waals surface area contributed by atoms with Crippen LogP contribution in [0.2, 0.25) is 0 Å². The van der Waals surface area contributed by atoms with Crippen molar-refractivity contribution < 1.29 is 9.00 Å². The van der Waals surface area contributed by atoms with Crippen LogP contribution in [0.3, 0.4) is 0 Å². The van der Waals surface area contributed by atoms with Crippen molar-refractivity contribution in [1.29, 1.82) is 0 Å². The SMILES string of the molecule is CS(=O)C1(c2ccccc2)C=CC(C(N)=O)=CC1. The number of benzene rings is 1. The Morgan fingerprint density at radius 3 is 2.44 bits per heavy atom. The summed E-state index contributed by atoms with van der Waals surface area (Å²) in [4.78, 5) is 11.1. The first-order valence-electron chi connectivity index (χ1n) is 5.64. The van der Waals surface area contributed by atoms with Gasteiger partial charge in [-0.3, -0.25) is 9.00 Å². The van der Waals surface area contributed by atoms with Crippen molar-refractivity contribution in [3.8, 4) is 0 Å². The molecule has 1 aromatic rings. The van der Waals surface area contributed by atoms with E-state index >= 15 is 0 Å². The van der Waals surface area contributed by atoms with Gasteiger partial charge in [-0.15, -0.1) is 0 Å². The van der Waals surface area contributed by atoms with Gasteiger partial charge in [-0.25, -0.2) is 0 Å². The van der Waals surface area contributed by atoms with Gasteiger partial charge < -0.3 is 5.73 Å². The average Bonchev–Trinajstić information content (AvgIpc) is 2.39. The van der Waals surface area contributed by atoms with Crippen LogP contribution in [0.1, 0.15) is 12.0 Å². The minimum absolute atomic E-state index is 0.449. The third kappa shape index (κ3) is 2.16. The maximum atomic E-state index is 12.1. The Morgan fingerprint density at radius 2 is 2.00 bits per heavy atom. The summed E-state index contributed by atoms with van der Waals surface area (Å²) < 4.78 is 11.6. The smallest absolute Gasteiger partial charge is 0.248 e. The van der Waals surface area contributed by atoms with Crippen LogP contribution in [0, 0.1) is 0 Å². The highest BCUT2D eigenvalue weighted by atomic mass is 32.2. The van der Waals surface area contributed by atoms with Gasteiger partial charge in [-0.1, -0.05) is 48.6 Å². The summed E-state index contributed by atoms with van der Waals surface area (Å²) in [5.41, 5.74) is 6.70. The van der Waals surface area contributed by atoms with E-state index in [1.165, 1.54) is 0 Å².